The number of aliphatic hydroxyl groups is 1. The maximum Gasteiger partial charge on any atom is 0.330 e. The van der Waals surface area contributed by atoms with E-state index in [2.05, 4.69) is 4.98 Å². The van der Waals surface area contributed by atoms with Crippen LogP contribution in [0.15, 0.2) is 21.9 Å². The Labute approximate surface area is 107 Å². The van der Waals surface area contributed by atoms with E-state index < -0.39 is 35.7 Å². The first kappa shape index (κ1) is 13.9. The van der Waals surface area contributed by atoms with E-state index in [0.29, 0.717) is 0 Å². The van der Waals surface area contributed by atoms with Crippen molar-refractivity contribution in [2.75, 3.05) is 13.7 Å². The number of aromatic amines is 1. The van der Waals surface area contributed by atoms with E-state index >= 15 is 0 Å². The third kappa shape index (κ3) is 2.46. The molecule has 106 valence electrons. The van der Waals surface area contributed by atoms with Crippen molar-refractivity contribution >= 4 is 0 Å². The van der Waals surface area contributed by atoms with Gasteiger partial charge in [-0.05, 0) is 0 Å². The van der Waals surface area contributed by atoms with Crippen LogP contribution in [0, 0.1) is 0 Å². The lowest BCUT2D eigenvalue weighted by molar-refractivity contribution is -0.0625. The molecule has 1 saturated heterocycles. The number of methoxy groups -OCH3 is 1. The Morgan fingerprint density at radius 3 is 2.84 bits per heavy atom. The topological polar surface area (TPSA) is 126 Å². The molecule has 9 heteroatoms. The van der Waals surface area contributed by atoms with Gasteiger partial charge in [0.2, 0.25) is 0 Å². The number of rotatable bonds is 4. The number of H-pyrrole nitrogens is 1. The Morgan fingerprint density at radius 2 is 2.32 bits per heavy atom. The third-order valence-corrected chi connectivity index (χ3v) is 3.08. The number of hydrogen-bond donors (Lipinski definition) is 4. The Balaban J connectivity index is 2.38. The summed E-state index contributed by atoms with van der Waals surface area (Å²) in [5, 5.41) is 18.3. The van der Waals surface area contributed by atoms with Gasteiger partial charge in [-0.15, -0.1) is 0 Å². The molecule has 0 amide bonds. The maximum atomic E-state index is 11.7. The van der Waals surface area contributed by atoms with Crippen molar-refractivity contribution in [3.63, 3.8) is 0 Å². The van der Waals surface area contributed by atoms with Crippen LogP contribution in [-0.4, -0.2) is 51.8 Å². The van der Waals surface area contributed by atoms with Gasteiger partial charge in [0.05, 0.1) is 12.6 Å². The average Bonchev–Trinajstić information content (AvgIpc) is 2.76. The lowest BCUT2D eigenvalue weighted by atomic mass is 10.1. The van der Waals surface area contributed by atoms with Crippen LogP contribution in [-0.2, 0) is 9.47 Å². The monoisotopic (exact) mass is 273 g/mol. The van der Waals surface area contributed by atoms with Gasteiger partial charge in [-0.25, -0.2) is 4.79 Å². The predicted molar refractivity (Wildman–Crippen MR) is 61.8 cm³/mol. The second-order valence-corrected chi connectivity index (χ2v) is 4.12. The SMILES string of the molecule is CO[C@@H]1[C@H](NO)[C@@H](CO)O[C@H]1n1ccc(=O)[nH]c1=O. The van der Waals surface area contributed by atoms with E-state index in [4.69, 9.17) is 14.7 Å². The van der Waals surface area contributed by atoms with Gasteiger partial charge in [0.25, 0.3) is 5.56 Å². The maximum absolute atomic E-state index is 11.7. The van der Waals surface area contributed by atoms with E-state index in [-0.39, 0.29) is 6.61 Å². The highest BCUT2D eigenvalue weighted by atomic mass is 16.6. The number of nitrogens with one attached hydrogen (secondary N) is 2. The fourth-order valence-corrected chi connectivity index (χ4v) is 2.16. The second-order valence-electron chi connectivity index (χ2n) is 4.12. The van der Waals surface area contributed by atoms with E-state index in [1.165, 1.54) is 19.4 Å². The zero-order valence-corrected chi connectivity index (χ0v) is 10.1. The molecule has 9 nitrogen and oxygen atoms in total. The normalized spacial score (nSPS) is 30.7. The molecular weight excluding hydrogens is 258 g/mol. The van der Waals surface area contributed by atoms with Crippen molar-refractivity contribution in [2.24, 2.45) is 0 Å². The van der Waals surface area contributed by atoms with Crippen LogP contribution in [0.3, 0.4) is 0 Å². The second kappa shape index (κ2) is 5.63. The number of aromatic nitrogens is 2. The molecule has 1 aromatic rings. The Bertz CT molecular complexity index is 541. The molecule has 2 rings (SSSR count). The highest BCUT2D eigenvalue weighted by Gasteiger charge is 2.45. The van der Waals surface area contributed by atoms with Crippen molar-refractivity contribution in [3.8, 4) is 0 Å². The quantitative estimate of drug-likeness (QED) is 0.458. The molecule has 0 aliphatic carbocycles. The van der Waals surface area contributed by atoms with E-state index in [1.807, 2.05) is 5.48 Å². The predicted octanol–water partition coefficient (Wildman–Crippen LogP) is -2.21. The molecule has 0 radical (unpaired) electrons. The highest BCUT2D eigenvalue weighted by Crippen LogP contribution is 2.29. The first-order valence-electron chi connectivity index (χ1n) is 5.62. The fourth-order valence-electron chi connectivity index (χ4n) is 2.16. The van der Waals surface area contributed by atoms with Gasteiger partial charge in [0, 0.05) is 19.4 Å². The summed E-state index contributed by atoms with van der Waals surface area (Å²) in [6.45, 7) is -0.354. The van der Waals surface area contributed by atoms with Gasteiger partial charge < -0.3 is 19.8 Å². The summed E-state index contributed by atoms with van der Waals surface area (Å²) in [4.78, 5) is 24.8. The summed E-state index contributed by atoms with van der Waals surface area (Å²) in [6.07, 6.45) is -1.04. The van der Waals surface area contributed by atoms with E-state index in [1.54, 1.807) is 0 Å². The first-order valence-corrected chi connectivity index (χ1v) is 5.62. The molecule has 0 unspecified atom stereocenters. The van der Waals surface area contributed by atoms with Crippen LogP contribution in [0.1, 0.15) is 6.23 Å². The minimum Gasteiger partial charge on any atom is -0.394 e. The third-order valence-electron chi connectivity index (χ3n) is 3.08. The molecule has 4 atom stereocenters. The summed E-state index contributed by atoms with van der Waals surface area (Å²) in [7, 11) is 1.39. The minimum absolute atomic E-state index is 0.354. The largest absolute Gasteiger partial charge is 0.394 e. The van der Waals surface area contributed by atoms with Gasteiger partial charge in [0.1, 0.15) is 12.2 Å². The number of ether oxygens (including phenoxy) is 2. The van der Waals surface area contributed by atoms with Gasteiger partial charge in [-0.1, -0.05) is 0 Å². The van der Waals surface area contributed by atoms with Gasteiger partial charge in [0.15, 0.2) is 6.23 Å². The van der Waals surface area contributed by atoms with Crippen molar-refractivity contribution in [1.29, 1.82) is 0 Å². The lowest BCUT2D eigenvalue weighted by Crippen LogP contribution is -2.45. The van der Waals surface area contributed by atoms with Crippen LogP contribution in [0.2, 0.25) is 0 Å². The number of aliphatic hydroxyl groups excluding tert-OH is 1. The van der Waals surface area contributed by atoms with Crippen molar-refractivity contribution in [3.05, 3.63) is 33.1 Å². The lowest BCUT2D eigenvalue weighted by Gasteiger charge is -2.21. The van der Waals surface area contributed by atoms with Crippen molar-refractivity contribution in [1.82, 2.24) is 15.0 Å². The molecule has 0 saturated carbocycles. The van der Waals surface area contributed by atoms with Crippen LogP contribution in [0.25, 0.3) is 0 Å². The van der Waals surface area contributed by atoms with Crippen molar-refractivity contribution < 1.29 is 19.8 Å². The number of nitrogens with zero attached hydrogens (tertiary/aromatic N) is 1. The minimum atomic E-state index is -0.865. The fraction of sp³-hybridized carbons (Fsp3) is 0.600. The summed E-state index contributed by atoms with van der Waals surface area (Å²) >= 11 is 0. The van der Waals surface area contributed by atoms with Gasteiger partial charge in [-0.2, -0.15) is 5.48 Å². The molecule has 4 N–H and O–H groups in total. The Kier molecular flexibility index (Phi) is 4.12. The van der Waals surface area contributed by atoms with Crippen LogP contribution in [0.5, 0.6) is 0 Å². The molecular formula is C10H15N3O6. The highest BCUT2D eigenvalue weighted by molar-refractivity contribution is 4.96. The molecule has 1 aliphatic rings. The molecule has 1 aromatic heterocycles. The van der Waals surface area contributed by atoms with Gasteiger partial charge >= 0.3 is 5.69 Å². The van der Waals surface area contributed by atoms with E-state index in [9.17, 15) is 14.7 Å². The molecule has 2 heterocycles. The van der Waals surface area contributed by atoms with Gasteiger partial charge in [-0.3, -0.25) is 14.3 Å². The summed E-state index contributed by atoms with van der Waals surface area (Å²) < 4.78 is 11.8. The molecule has 1 fully saturated rings. The zero-order valence-electron chi connectivity index (χ0n) is 10.1. The Morgan fingerprint density at radius 1 is 1.58 bits per heavy atom. The number of hydroxylamine groups is 1. The van der Waals surface area contributed by atoms with E-state index in [0.717, 1.165) is 4.57 Å². The average molecular weight is 273 g/mol. The standard InChI is InChI=1S/C10H15N3O6/c1-18-8-7(12-17)5(4-14)19-9(8)13-3-2-6(15)11-10(13)16/h2-3,5,7-9,12,14,17H,4H2,1H3,(H,11,15,16)/t5-,7-,8-,9-/m1/s1. The smallest absolute Gasteiger partial charge is 0.330 e. The van der Waals surface area contributed by atoms with Crippen LogP contribution >= 0.6 is 0 Å². The molecule has 0 bridgehead atoms. The van der Waals surface area contributed by atoms with Crippen molar-refractivity contribution in [2.45, 2.75) is 24.5 Å². The van der Waals surface area contributed by atoms with Crippen LogP contribution in [0.4, 0.5) is 0 Å². The summed E-state index contributed by atoms with van der Waals surface area (Å²) in [6, 6.07) is 0.476. The summed E-state index contributed by atoms with van der Waals surface area (Å²) in [5.74, 6) is 0. The molecule has 0 spiro atoms. The van der Waals surface area contributed by atoms with Crippen LogP contribution < -0.4 is 16.7 Å². The molecule has 0 aromatic carbocycles. The first-order chi connectivity index (χ1) is 9.12. The zero-order chi connectivity index (χ0) is 14.0. The Hall–Kier alpha value is -1.52. The number of hydrogen-bond acceptors (Lipinski definition) is 7. The molecule has 1 aliphatic heterocycles. The molecule has 19 heavy (non-hydrogen) atoms. The summed E-state index contributed by atoms with van der Waals surface area (Å²) in [5.41, 5.74) is 0.817.